The third-order valence-electron chi connectivity index (χ3n) is 1.96. The van der Waals surface area contributed by atoms with Crippen LogP contribution < -0.4 is 43.7 Å². The molecule has 0 aliphatic carbocycles. The molecule has 0 unspecified atom stereocenters. The number of guanidine groups is 4. The summed E-state index contributed by atoms with van der Waals surface area (Å²) < 4.78 is 0. The molecule has 0 bridgehead atoms. The predicted octanol–water partition coefficient (Wildman–Crippen LogP) is -2.72. The lowest BCUT2D eigenvalue weighted by molar-refractivity contribution is 0.363. The average molecular weight is 434 g/mol. The van der Waals surface area contributed by atoms with Crippen LogP contribution in [0.5, 0.6) is 0 Å². The molecule has 0 aliphatic rings. The highest BCUT2D eigenvalue weighted by Gasteiger charge is 1.97. The van der Waals surface area contributed by atoms with Gasteiger partial charge in [0.05, 0.1) is 0 Å². The molecular weight excluding hydrogens is 420 g/mol. The van der Waals surface area contributed by atoms with Gasteiger partial charge in [0.1, 0.15) is 0 Å². The SMILES string of the molecule is [N]=C([NH])[N]C(=[N])/N=C/C=C/C=C/C=C/C=C/C=C/C=N/C(=[N])[N]C(=[N])[NH].[O][C]=O.[O][C]=O. The Balaban J connectivity index is -0.00000125. The summed E-state index contributed by atoms with van der Waals surface area (Å²) >= 11 is 0. The summed E-state index contributed by atoms with van der Waals surface area (Å²) in [6.45, 7) is 0.500. The van der Waals surface area contributed by atoms with Gasteiger partial charge in [-0.3, -0.25) is 11.5 Å². The molecule has 0 saturated heterocycles. The minimum Gasteiger partial charge on any atom is -0.264 e. The van der Waals surface area contributed by atoms with E-state index in [0.717, 1.165) is 0 Å². The maximum Gasteiger partial charge on any atom is 0.467 e. The molecular formula is C18H14N10O4. The Morgan fingerprint density at radius 3 is 1.00 bits per heavy atom. The molecule has 0 rings (SSSR count). The van der Waals surface area contributed by atoms with Crippen LogP contribution in [0.3, 0.4) is 0 Å². The van der Waals surface area contributed by atoms with Gasteiger partial charge in [0.15, 0.2) is 0 Å². The Morgan fingerprint density at radius 2 is 0.781 bits per heavy atom. The summed E-state index contributed by atoms with van der Waals surface area (Å²) in [5.41, 5.74) is 13.2. The standard InChI is InChI=1S/C16H14N10.2CO2/c17-13(18)25-15(21)23-11-9-7-5-3-1-2-4-6-8-10-12-24-16(22)26-14(19)20;2*2-1-3/h1-12,17,19H;;/b2-1+,5-3+,6-4+,9-7+,10-8+,23-11+,24-12+;;. The first-order chi connectivity index (χ1) is 15.2. The summed E-state index contributed by atoms with van der Waals surface area (Å²) in [6, 6.07) is 0. The molecule has 0 aromatic carbocycles. The fourth-order valence-electron chi connectivity index (χ4n) is 1.08. The van der Waals surface area contributed by atoms with Crippen molar-refractivity contribution in [3.63, 3.8) is 0 Å². The van der Waals surface area contributed by atoms with E-state index >= 15 is 0 Å². The molecule has 32 heavy (non-hydrogen) atoms. The molecule has 0 heterocycles. The topological polar surface area (TPSA) is 264 Å². The van der Waals surface area contributed by atoms with Crippen LogP contribution in [0.15, 0.2) is 70.7 Å². The second-order valence-electron chi connectivity index (χ2n) is 4.12. The van der Waals surface area contributed by atoms with E-state index in [-0.39, 0.29) is 12.9 Å². The first-order valence-corrected chi connectivity index (χ1v) is 7.74. The summed E-state index contributed by atoms with van der Waals surface area (Å²) in [4.78, 5) is 23.1. The van der Waals surface area contributed by atoms with E-state index in [2.05, 4.69) is 20.6 Å². The van der Waals surface area contributed by atoms with Gasteiger partial charge in [-0.05, 0) is 12.2 Å². The van der Waals surface area contributed by atoms with Gasteiger partial charge in [0, 0.05) is 12.4 Å². The lowest BCUT2D eigenvalue weighted by atomic mass is 10.3. The zero-order chi connectivity index (χ0) is 25.0. The second-order valence-corrected chi connectivity index (χ2v) is 4.12. The minimum absolute atomic E-state index is 0.250. The first-order valence-electron chi connectivity index (χ1n) is 7.74. The van der Waals surface area contributed by atoms with Crippen molar-refractivity contribution in [1.82, 2.24) is 43.7 Å². The zero-order valence-corrected chi connectivity index (χ0v) is 16.1. The third-order valence-corrected chi connectivity index (χ3v) is 1.96. The van der Waals surface area contributed by atoms with Gasteiger partial charge in [-0.25, -0.2) is 29.8 Å². The van der Waals surface area contributed by atoms with Crippen LogP contribution in [0.25, 0.3) is 0 Å². The number of rotatable bonds is 6. The summed E-state index contributed by atoms with van der Waals surface area (Å²) in [7, 11) is 0. The van der Waals surface area contributed by atoms with Crippen LogP contribution in [0.2, 0.25) is 0 Å². The fourth-order valence-corrected chi connectivity index (χ4v) is 1.08. The molecule has 0 aliphatic heterocycles. The van der Waals surface area contributed by atoms with Crippen LogP contribution in [-0.4, -0.2) is 49.2 Å². The van der Waals surface area contributed by atoms with E-state index in [1.54, 1.807) is 48.6 Å². The molecule has 0 aromatic rings. The van der Waals surface area contributed by atoms with E-state index in [1.165, 1.54) is 24.6 Å². The van der Waals surface area contributed by atoms with Crippen molar-refractivity contribution in [3.8, 4) is 0 Å². The molecule has 14 nitrogen and oxygen atoms in total. The van der Waals surface area contributed by atoms with Crippen molar-refractivity contribution in [3.05, 3.63) is 60.8 Å². The number of nitrogens with zero attached hydrogens (tertiary/aromatic N) is 8. The highest BCUT2D eigenvalue weighted by Crippen LogP contribution is 1.83. The van der Waals surface area contributed by atoms with Crippen molar-refractivity contribution in [2.75, 3.05) is 0 Å². The van der Waals surface area contributed by atoms with Gasteiger partial charge in [-0.1, -0.05) is 48.6 Å². The van der Waals surface area contributed by atoms with Crippen molar-refractivity contribution < 1.29 is 19.8 Å². The quantitative estimate of drug-likeness (QED) is 0.245. The number of hydrogen-bond acceptors (Lipinski definition) is 2. The van der Waals surface area contributed by atoms with Crippen molar-refractivity contribution >= 4 is 49.2 Å². The first kappa shape index (κ1) is 31.6. The van der Waals surface area contributed by atoms with Gasteiger partial charge in [0.2, 0.25) is 0 Å². The Kier molecular flexibility index (Phi) is 25.5. The van der Waals surface area contributed by atoms with Gasteiger partial charge in [0.25, 0.3) is 23.8 Å². The van der Waals surface area contributed by atoms with Crippen LogP contribution in [0.4, 0.5) is 0 Å². The Morgan fingerprint density at radius 1 is 0.562 bits per heavy atom. The van der Waals surface area contributed by atoms with E-state index in [9.17, 15) is 0 Å². The van der Waals surface area contributed by atoms with Crippen LogP contribution in [-0.2, 0) is 19.8 Å². The Labute approximate surface area is 184 Å². The largest absolute Gasteiger partial charge is 0.467 e. The fraction of sp³-hybridized carbons (Fsp3) is 0. The van der Waals surface area contributed by atoms with Crippen LogP contribution in [0.1, 0.15) is 0 Å². The van der Waals surface area contributed by atoms with Gasteiger partial charge in [-0.2, -0.15) is 10.6 Å². The molecule has 2 N–H and O–H groups in total. The van der Waals surface area contributed by atoms with Crippen LogP contribution in [0, 0.1) is 0 Å². The summed E-state index contributed by atoms with van der Waals surface area (Å²) in [5, 5.41) is 57.1. The monoisotopic (exact) mass is 434 g/mol. The third kappa shape index (κ3) is 35.9. The van der Waals surface area contributed by atoms with E-state index in [1.807, 2.05) is 0 Å². The average Bonchev–Trinajstić information content (AvgIpc) is 2.68. The molecule has 160 valence electrons. The second kappa shape index (κ2) is 25.9. The molecule has 0 fully saturated rings. The molecule has 0 aromatic heterocycles. The van der Waals surface area contributed by atoms with Gasteiger partial charge in [-0.15, -0.1) is 21.6 Å². The molecule has 12 radical (unpaired) electrons. The summed E-state index contributed by atoms with van der Waals surface area (Å²) in [6.07, 6.45) is 19.3. The van der Waals surface area contributed by atoms with Crippen molar-refractivity contribution in [2.45, 2.75) is 0 Å². The van der Waals surface area contributed by atoms with Crippen molar-refractivity contribution in [1.29, 1.82) is 0 Å². The molecule has 0 atom stereocenters. The Hall–Kier alpha value is -5.14. The normalized spacial score (nSPS) is 10.9. The van der Waals surface area contributed by atoms with E-state index < -0.39 is 23.8 Å². The van der Waals surface area contributed by atoms with Crippen LogP contribution >= 0.6 is 0 Å². The smallest absolute Gasteiger partial charge is 0.264 e. The highest BCUT2D eigenvalue weighted by atomic mass is 16.3. The maximum atomic E-state index is 8.99. The molecule has 14 heteroatoms. The number of carbonyl (C=O) groups excluding carboxylic acids is 2. The molecule has 0 spiro atoms. The Bertz CT molecular complexity index is 743. The number of hydrogen-bond donors (Lipinski definition) is 0. The number of nitrogens with one attached hydrogen (secondary N) is 2. The zero-order valence-electron chi connectivity index (χ0n) is 16.1. The summed E-state index contributed by atoms with van der Waals surface area (Å²) in [5.74, 6) is -3.49. The lowest BCUT2D eigenvalue weighted by Gasteiger charge is -1.89. The van der Waals surface area contributed by atoms with E-state index in [4.69, 9.17) is 52.9 Å². The van der Waals surface area contributed by atoms with Gasteiger partial charge < -0.3 is 0 Å². The molecule has 0 saturated carbocycles. The number of allylic oxidation sites excluding steroid dienone is 10. The van der Waals surface area contributed by atoms with Gasteiger partial charge >= 0.3 is 12.9 Å². The highest BCUT2D eigenvalue weighted by molar-refractivity contribution is 6.00. The predicted molar refractivity (Wildman–Crippen MR) is 114 cm³/mol. The maximum absolute atomic E-state index is 8.99. The van der Waals surface area contributed by atoms with E-state index in [0.29, 0.717) is 0 Å². The van der Waals surface area contributed by atoms with Crippen molar-refractivity contribution in [2.24, 2.45) is 9.98 Å². The lowest BCUT2D eigenvalue weighted by Crippen LogP contribution is -2.23. The number of aliphatic imine (C=N–C) groups is 2. The minimum atomic E-state index is -1.03. The molecule has 0 amide bonds.